The van der Waals surface area contributed by atoms with Crippen molar-refractivity contribution in [1.82, 2.24) is 4.90 Å². The Morgan fingerprint density at radius 3 is 2.86 bits per heavy atom. The highest BCUT2D eigenvalue weighted by atomic mass is 32.2. The van der Waals surface area contributed by atoms with Crippen molar-refractivity contribution in [2.45, 2.75) is 23.5 Å². The number of anilines is 1. The van der Waals surface area contributed by atoms with Crippen LogP contribution in [-0.4, -0.2) is 49.4 Å². The minimum Gasteiger partial charge on any atom is -0.453 e. The highest BCUT2D eigenvalue weighted by Crippen LogP contribution is 2.37. The van der Waals surface area contributed by atoms with Crippen molar-refractivity contribution < 1.29 is 14.3 Å². The molecular weight excluding hydrogens is 288 g/mol. The number of rotatable bonds is 2. The maximum atomic E-state index is 12.5. The lowest BCUT2D eigenvalue weighted by Crippen LogP contribution is -2.41. The number of methoxy groups -OCH3 is 1. The van der Waals surface area contributed by atoms with Crippen LogP contribution in [0.3, 0.4) is 0 Å². The molecule has 0 saturated carbocycles. The summed E-state index contributed by atoms with van der Waals surface area (Å²) in [6.07, 6.45) is 0.418. The molecule has 0 spiro atoms. The zero-order valence-electron chi connectivity index (χ0n) is 12.5. The molecule has 0 aromatic heterocycles. The van der Waals surface area contributed by atoms with Gasteiger partial charge < -0.3 is 14.5 Å². The Kier molecular flexibility index (Phi) is 5.12. The fourth-order valence-corrected chi connectivity index (χ4v) is 3.37. The molecule has 2 rings (SSSR count). The summed E-state index contributed by atoms with van der Waals surface area (Å²) in [7, 11) is 2.87. The van der Waals surface area contributed by atoms with E-state index in [-0.39, 0.29) is 12.5 Å². The van der Waals surface area contributed by atoms with E-state index in [2.05, 4.69) is 11.7 Å². The molecule has 1 aromatic rings. The zero-order chi connectivity index (χ0) is 15.4. The maximum Gasteiger partial charge on any atom is 0.409 e. The molecule has 1 aliphatic rings. The van der Waals surface area contributed by atoms with Crippen molar-refractivity contribution in [3.05, 3.63) is 24.3 Å². The first-order valence-corrected chi connectivity index (χ1v) is 7.76. The molecule has 0 aliphatic carbocycles. The first-order chi connectivity index (χ1) is 10.0. The summed E-state index contributed by atoms with van der Waals surface area (Å²) in [5.41, 5.74) is 0.926. The minimum atomic E-state index is -0.505. The summed E-state index contributed by atoms with van der Waals surface area (Å²) >= 11 is 1.78. The van der Waals surface area contributed by atoms with Gasteiger partial charge in [-0.1, -0.05) is 19.1 Å². The molecule has 6 heteroatoms. The minimum absolute atomic E-state index is 0.0139. The van der Waals surface area contributed by atoms with Gasteiger partial charge in [-0.2, -0.15) is 0 Å². The summed E-state index contributed by atoms with van der Waals surface area (Å²) in [6.45, 7) is 2.84. The molecule has 21 heavy (non-hydrogen) atoms. The number of carbonyl (C=O) groups excluding carboxylic acids is 2. The molecule has 1 heterocycles. The average molecular weight is 308 g/mol. The van der Waals surface area contributed by atoms with Gasteiger partial charge in [0, 0.05) is 23.7 Å². The van der Waals surface area contributed by atoms with Crippen LogP contribution in [0.4, 0.5) is 10.5 Å². The van der Waals surface area contributed by atoms with E-state index < -0.39 is 6.09 Å². The number of hydrogen-bond acceptors (Lipinski definition) is 4. The summed E-state index contributed by atoms with van der Waals surface area (Å²) in [6, 6.07) is 7.90. The SMILES string of the molecule is COC(=O)N(C)CC(=O)N1CC[C@@H](C)Sc2ccccc21. The molecule has 114 valence electrons. The molecule has 1 aromatic carbocycles. The third-order valence-corrected chi connectivity index (χ3v) is 4.64. The normalized spacial score (nSPS) is 17.7. The average Bonchev–Trinajstić information content (AvgIpc) is 2.64. The molecule has 0 N–H and O–H groups in total. The Morgan fingerprint density at radius 1 is 1.43 bits per heavy atom. The van der Waals surface area contributed by atoms with Crippen molar-refractivity contribution in [3.63, 3.8) is 0 Å². The van der Waals surface area contributed by atoms with Crippen LogP contribution in [0.25, 0.3) is 0 Å². The summed E-state index contributed by atoms with van der Waals surface area (Å²) in [4.78, 5) is 28.1. The van der Waals surface area contributed by atoms with Gasteiger partial charge in [-0.05, 0) is 18.6 Å². The third kappa shape index (κ3) is 3.69. The molecule has 0 unspecified atom stereocenters. The van der Waals surface area contributed by atoms with Crippen LogP contribution in [0.5, 0.6) is 0 Å². The second-order valence-electron chi connectivity index (χ2n) is 5.06. The summed E-state index contributed by atoms with van der Waals surface area (Å²) < 4.78 is 4.62. The van der Waals surface area contributed by atoms with Crippen LogP contribution in [0.2, 0.25) is 0 Å². The van der Waals surface area contributed by atoms with Gasteiger partial charge in [0.15, 0.2) is 0 Å². The standard InChI is InChI=1S/C15H20N2O3S/c1-11-8-9-17(12-6-4-5-7-13(12)21-11)14(18)10-16(2)15(19)20-3/h4-7,11H,8-10H2,1-3H3/t11-/m1/s1. The fraction of sp³-hybridized carbons (Fsp3) is 0.467. The highest BCUT2D eigenvalue weighted by molar-refractivity contribution is 8.00. The molecule has 0 saturated heterocycles. The second kappa shape index (κ2) is 6.85. The van der Waals surface area contributed by atoms with Crippen molar-refractivity contribution in [3.8, 4) is 0 Å². The molecule has 0 fully saturated rings. The lowest BCUT2D eigenvalue weighted by molar-refractivity contribution is -0.119. The summed E-state index contributed by atoms with van der Waals surface area (Å²) in [5, 5.41) is 0.460. The van der Waals surface area contributed by atoms with Gasteiger partial charge in [0.2, 0.25) is 5.91 Å². The van der Waals surface area contributed by atoms with Crippen LogP contribution >= 0.6 is 11.8 Å². The van der Waals surface area contributed by atoms with E-state index >= 15 is 0 Å². The van der Waals surface area contributed by atoms with Gasteiger partial charge in [0.1, 0.15) is 6.54 Å². The van der Waals surface area contributed by atoms with Gasteiger partial charge in [-0.15, -0.1) is 11.8 Å². The molecule has 0 bridgehead atoms. The van der Waals surface area contributed by atoms with Crippen LogP contribution in [0.1, 0.15) is 13.3 Å². The number of amides is 2. The number of thioether (sulfide) groups is 1. The van der Waals surface area contributed by atoms with Crippen molar-refractivity contribution in [2.24, 2.45) is 0 Å². The van der Waals surface area contributed by atoms with Crippen molar-refractivity contribution in [2.75, 3.05) is 32.1 Å². The van der Waals surface area contributed by atoms with Gasteiger partial charge in [0.05, 0.1) is 12.8 Å². The Morgan fingerprint density at radius 2 is 2.14 bits per heavy atom. The molecule has 1 aliphatic heterocycles. The maximum absolute atomic E-state index is 12.5. The second-order valence-corrected chi connectivity index (χ2v) is 6.54. The number of ether oxygens (including phenoxy) is 1. The Balaban J connectivity index is 2.19. The lowest BCUT2D eigenvalue weighted by atomic mass is 10.2. The van der Waals surface area contributed by atoms with Crippen molar-refractivity contribution in [1.29, 1.82) is 0 Å². The van der Waals surface area contributed by atoms with E-state index in [1.807, 2.05) is 24.3 Å². The molecular formula is C15H20N2O3S. The fourth-order valence-electron chi connectivity index (χ4n) is 2.25. The van der Waals surface area contributed by atoms with Gasteiger partial charge >= 0.3 is 6.09 Å². The van der Waals surface area contributed by atoms with Crippen LogP contribution in [0.15, 0.2) is 29.2 Å². The highest BCUT2D eigenvalue weighted by Gasteiger charge is 2.25. The topological polar surface area (TPSA) is 49.9 Å². The number of para-hydroxylation sites is 1. The molecule has 1 atom stereocenters. The Labute approximate surface area is 129 Å². The van der Waals surface area contributed by atoms with Gasteiger partial charge in [-0.3, -0.25) is 4.79 Å². The van der Waals surface area contributed by atoms with Crippen molar-refractivity contribution >= 4 is 29.4 Å². The van der Waals surface area contributed by atoms with Gasteiger partial charge in [0.25, 0.3) is 0 Å². The first kappa shape index (κ1) is 15.7. The quantitative estimate of drug-likeness (QED) is 0.842. The number of benzene rings is 1. The van der Waals surface area contributed by atoms with Crippen LogP contribution in [0, 0.1) is 0 Å². The first-order valence-electron chi connectivity index (χ1n) is 6.88. The predicted octanol–water partition coefficient (Wildman–Crippen LogP) is 2.60. The molecule has 0 radical (unpaired) electrons. The van der Waals surface area contributed by atoms with Crippen LogP contribution in [-0.2, 0) is 9.53 Å². The number of fused-ring (bicyclic) bond motifs is 1. The van der Waals surface area contributed by atoms with Crippen LogP contribution < -0.4 is 4.90 Å². The van der Waals surface area contributed by atoms with Gasteiger partial charge in [-0.25, -0.2) is 4.79 Å². The zero-order valence-corrected chi connectivity index (χ0v) is 13.4. The van der Waals surface area contributed by atoms with E-state index in [4.69, 9.17) is 0 Å². The number of carbonyl (C=O) groups is 2. The molecule has 2 amide bonds. The third-order valence-electron chi connectivity index (χ3n) is 3.40. The lowest BCUT2D eigenvalue weighted by Gasteiger charge is -2.25. The molecule has 5 nitrogen and oxygen atoms in total. The summed E-state index contributed by atoms with van der Waals surface area (Å²) in [5.74, 6) is -0.0925. The predicted molar refractivity (Wildman–Crippen MR) is 83.8 cm³/mol. The smallest absolute Gasteiger partial charge is 0.409 e. The van der Waals surface area contributed by atoms with E-state index in [1.54, 1.807) is 23.7 Å². The monoisotopic (exact) mass is 308 g/mol. The Hall–Kier alpha value is -1.69. The van der Waals surface area contributed by atoms with E-state index in [0.29, 0.717) is 11.8 Å². The Bertz CT molecular complexity index is 535. The van der Waals surface area contributed by atoms with E-state index in [1.165, 1.54) is 12.0 Å². The van der Waals surface area contributed by atoms with E-state index in [9.17, 15) is 9.59 Å². The number of nitrogens with zero attached hydrogens (tertiary/aromatic N) is 2. The number of likely N-dealkylation sites (N-methyl/N-ethyl adjacent to an activating group) is 1. The van der Waals surface area contributed by atoms with E-state index in [0.717, 1.165) is 17.0 Å². The number of hydrogen-bond donors (Lipinski definition) is 0. The largest absolute Gasteiger partial charge is 0.453 e.